The standard InChI is InChI=1S/C12H13ClFN3/c13-11-2-1-3-12(14)10(11)8-17-5-4-16-7-9(17)6-15/h1-3,9,16H,4-5,7-8H2. The zero-order chi connectivity index (χ0) is 12.3. The van der Waals surface area contributed by atoms with E-state index < -0.39 is 0 Å². The number of nitrogens with zero attached hydrogens (tertiary/aromatic N) is 2. The smallest absolute Gasteiger partial charge is 0.129 e. The van der Waals surface area contributed by atoms with E-state index in [9.17, 15) is 4.39 Å². The van der Waals surface area contributed by atoms with Crippen molar-refractivity contribution >= 4 is 11.6 Å². The van der Waals surface area contributed by atoms with Crippen LogP contribution in [-0.4, -0.2) is 30.6 Å². The minimum absolute atomic E-state index is 0.223. The molecule has 0 bridgehead atoms. The summed E-state index contributed by atoms with van der Waals surface area (Å²) in [6.45, 7) is 2.53. The first-order chi connectivity index (χ1) is 8.22. The van der Waals surface area contributed by atoms with Crippen LogP contribution in [0, 0.1) is 17.1 Å². The quantitative estimate of drug-likeness (QED) is 0.873. The summed E-state index contributed by atoms with van der Waals surface area (Å²) in [7, 11) is 0. The van der Waals surface area contributed by atoms with Gasteiger partial charge in [0.15, 0.2) is 0 Å². The Bertz CT molecular complexity index is 424. The number of hydrogen-bond donors (Lipinski definition) is 1. The van der Waals surface area contributed by atoms with Gasteiger partial charge in [0.05, 0.1) is 6.07 Å². The molecule has 1 saturated heterocycles. The largest absolute Gasteiger partial charge is 0.313 e. The lowest BCUT2D eigenvalue weighted by molar-refractivity contribution is 0.187. The van der Waals surface area contributed by atoms with Gasteiger partial charge in [0.1, 0.15) is 11.9 Å². The van der Waals surface area contributed by atoms with Gasteiger partial charge in [-0.1, -0.05) is 17.7 Å². The molecule has 3 nitrogen and oxygen atoms in total. The highest BCUT2D eigenvalue weighted by atomic mass is 35.5. The topological polar surface area (TPSA) is 39.1 Å². The Kier molecular flexibility index (Phi) is 3.95. The van der Waals surface area contributed by atoms with E-state index in [0.29, 0.717) is 23.7 Å². The maximum Gasteiger partial charge on any atom is 0.129 e. The second-order valence-corrected chi connectivity index (χ2v) is 4.43. The van der Waals surface area contributed by atoms with E-state index in [1.165, 1.54) is 6.07 Å². The lowest BCUT2D eigenvalue weighted by atomic mass is 10.1. The van der Waals surface area contributed by atoms with Crippen LogP contribution in [0.1, 0.15) is 5.56 Å². The highest BCUT2D eigenvalue weighted by Gasteiger charge is 2.23. The molecule has 0 saturated carbocycles. The number of hydrogen-bond acceptors (Lipinski definition) is 3. The van der Waals surface area contributed by atoms with Crippen LogP contribution in [0.15, 0.2) is 18.2 Å². The minimum Gasteiger partial charge on any atom is -0.313 e. The van der Waals surface area contributed by atoms with Crippen LogP contribution in [0.4, 0.5) is 4.39 Å². The summed E-state index contributed by atoms with van der Waals surface area (Å²) in [5.41, 5.74) is 0.469. The normalized spacial score (nSPS) is 21.1. The van der Waals surface area contributed by atoms with Crippen molar-refractivity contribution in [3.63, 3.8) is 0 Å². The van der Waals surface area contributed by atoms with E-state index in [1.807, 2.05) is 4.90 Å². The monoisotopic (exact) mass is 253 g/mol. The van der Waals surface area contributed by atoms with Gasteiger partial charge in [0, 0.05) is 36.8 Å². The lowest BCUT2D eigenvalue weighted by Gasteiger charge is -2.32. The summed E-state index contributed by atoms with van der Waals surface area (Å²) in [4.78, 5) is 1.95. The molecule has 1 aliphatic rings. The van der Waals surface area contributed by atoms with Gasteiger partial charge in [-0.25, -0.2) is 4.39 Å². The van der Waals surface area contributed by atoms with Gasteiger partial charge in [0.25, 0.3) is 0 Å². The first-order valence-electron chi connectivity index (χ1n) is 5.49. The summed E-state index contributed by atoms with van der Waals surface area (Å²) < 4.78 is 13.6. The van der Waals surface area contributed by atoms with E-state index in [1.54, 1.807) is 12.1 Å². The van der Waals surface area contributed by atoms with Gasteiger partial charge in [-0.05, 0) is 12.1 Å². The third-order valence-corrected chi connectivity index (χ3v) is 3.28. The fourth-order valence-electron chi connectivity index (χ4n) is 1.95. The molecule has 1 N–H and O–H groups in total. The van der Waals surface area contributed by atoms with E-state index in [2.05, 4.69) is 11.4 Å². The molecule has 1 fully saturated rings. The molecule has 1 unspecified atom stereocenters. The van der Waals surface area contributed by atoms with E-state index in [0.717, 1.165) is 13.1 Å². The van der Waals surface area contributed by atoms with Crippen molar-refractivity contribution < 1.29 is 4.39 Å². The molecule has 5 heteroatoms. The Morgan fingerprint density at radius 2 is 2.41 bits per heavy atom. The molecular weight excluding hydrogens is 241 g/mol. The average Bonchev–Trinajstić information content (AvgIpc) is 2.34. The summed E-state index contributed by atoms with van der Waals surface area (Å²) in [6, 6.07) is 6.64. The summed E-state index contributed by atoms with van der Waals surface area (Å²) in [5, 5.41) is 12.6. The van der Waals surface area contributed by atoms with Crippen LogP contribution in [0.25, 0.3) is 0 Å². The SMILES string of the molecule is N#CC1CNCCN1Cc1c(F)cccc1Cl. The molecule has 1 aromatic carbocycles. The van der Waals surface area contributed by atoms with Gasteiger partial charge >= 0.3 is 0 Å². The van der Waals surface area contributed by atoms with E-state index in [-0.39, 0.29) is 11.9 Å². The molecule has 0 amide bonds. The van der Waals surface area contributed by atoms with E-state index in [4.69, 9.17) is 16.9 Å². The second-order valence-electron chi connectivity index (χ2n) is 4.02. The molecule has 1 aliphatic heterocycles. The van der Waals surface area contributed by atoms with Gasteiger partial charge in [-0.3, -0.25) is 4.90 Å². The Balaban J connectivity index is 2.17. The number of nitrogens with one attached hydrogen (secondary N) is 1. The second kappa shape index (κ2) is 5.46. The fraction of sp³-hybridized carbons (Fsp3) is 0.417. The van der Waals surface area contributed by atoms with Gasteiger partial charge in [0.2, 0.25) is 0 Å². The maximum absolute atomic E-state index is 13.6. The zero-order valence-electron chi connectivity index (χ0n) is 9.29. The first-order valence-corrected chi connectivity index (χ1v) is 5.87. The molecule has 1 atom stereocenters. The lowest BCUT2D eigenvalue weighted by Crippen LogP contribution is -2.50. The van der Waals surface area contributed by atoms with Crippen molar-refractivity contribution in [2.75, 3.05) is 19.6 Å². The number of rotatable bonds is 2. The first kappa shape index (κ1) is 12.3. The fourth-order valence-corrected chi connectivity index (χ4v) is 2.17. The maximum atomic E-state index is 13.6. The van der Waals surface area contributed by atoms with Crippen LogP contribution in [-0.2, 0) is 6.54 Å². The molecule has 0 radical (unpaired) electrons. The van der Waals surface area contributed by atoms with Crippen molar-refractivity contribution in [2.24, 2.45) is 0 Å². The third kappa shape index (κ3) is 2.75. The summed E-state index contributed by atoms with van der Waals surface area (Å²) in [5.74, 6) is -0.312. The van der Waals surface area contributed by atoms with Gasteiger partial charge in [-0.15, -0.1) is 0 Å². The van der Waals surface area contributed by atoms with Crippen molar-refractivity contribution in [3.8, 4) is 6.07 Å². The summed E-state index contributed by atoms with van der Waals surface area (Å²) >= 11 is 5.97. The van der Waals surface area contributed by atoms with Crippen LogP contribution in [0.5, 0.6) is 0 Å². The van der Waals surface area contributed by atoms with Gasteiger partial charge in [-0.2, -0.15) is 5.26 Å². The summed E-state index contributed by atoms with van der Waals surface area (Å²) in [6.07, 6.45) is 0. The van der Waals surface area contributed by atoms with Gasteiger partial charge < -0.3 is 5.32 Å². The molecule has 0 aliphatic carbocycles. The molecule has 2 rings (SSSR count). The average molecular weight is 254 g/mol. The highest BCUT2D eigenvalue weighted by Crippen LogP contribution is 2.21. The molecule has 0 aromatic heterocycles. The molecule has 90 valence electrons. The van der Waals surface area contributed by atoms with Crippen LogP contribution in [0.3, 0.4) is 0 Å². The number of halogens is 2. The molecular formula is C12H13ClFN3. The predicted octanol–water partition coefficient (Wildman–Crippen LogP) is 1.78. The van der Waals surface area contributed by atoms with Crippen molar-refractivity contribution in [1.82, 2.24) is 10.2 Å². The Morgan fingerprint density at radius 1 is 1.59 bits per heavy atom. The predicted molar refractivity (Wildman–Crippen MR) is 64.1 cm³/mol. The Labute approximate surface area is 105 Å². The number of nitriles is 1. The molecule has 1 aromatic rings. The number of piperazine rings is 1. The van der Waals surface area contributed by atoms with Crippen LogP contribution < -0.4 is 5.32 Å². The van der Waals surface area contributed by atoms with E-state index >= 15 is 0 Å². The molecule has 0 spiro atoms. The number of benzene rings is 1. The Morgan fingerprint density at radius 3 is 3.12 bits per heavy atom. The third-order valence-electron chi connectivity index (χ3n) is 2.93. The molecule has 17 heavy (non-hydrogen) atoms. The minimum atomic E-state index is -0.312. The van der Waals surface area contributed by atoms with Crippen LogP contribution >= 0.6 is 11.6 Å². The van der Waals surface area contributed by atoms with Crippen molar-refractivity contribution in [3.05, 3.63) is 34.6 Å². The Hall–Kier alpha value is -1.15. The highest BCUT2D eigenvalue weighted by molar-refractivity contribution is 6.31. The van der Waals surface area contributed by atoms with Crippen molar-refractivity contribution in [1.29, 1.82) is 5.26 Å². The van der Waals surface area contributed by atoms with Crippen molar-refractivity contribution in [2.45, 2.75) is 12.6 Å². The zero-order valence-corrected chi connectivity index (χ0v) is 10.0. The van der Waals surface area contributed by atoms with Crippen LogP contribution in [0.2, 0.25) is 5.02 Å². The molecule has 1 heterocycles.